The van der Waals surface area contributed by atoms with Crippen molar-refractivity contribution in [2.24, 2.45) is 5.10 Å². The molecule has 0 bridgehead atoms. The summed E-state index contributed by atoms with van der Waals surface area (Å²) < 4.78 is 5.49. The summed E-state index contributed by atoms with van der Waals surface area (Å²) in [5.74, 6) is 0.281. The summed E-state index contributed by atoms with van der Waals surface area (Å²) in [7, 11) is 0. The van der Waals surface area contributed by atoms with Crippen LogP contribution in [0.15, 0.2) is 47.6 Å². The minimum Gasteiger partial charge on any atom is -0.484 e. The SMILES string of the molecule is C/C(=N/NC(=O)COc1ccc(C(C)(C)C)cc1)c1ccc(Cl)cc1Cl. The van der Waals surface area contributed by atoms with Gasteiger partial charge in [-0.25, -0.2) is 5.43 Å². The second kappa shape index (κ2) is 8.56. The molecule has 0 saturated heterocycles. The lowest BCUT2D eigenvalue weighted by Crippen LogP contribution is -2.25. The third-order valence-corrected chi connectivity index (χ3v) is 4.31. The second-order valence-electron chi connectivity index (χ2n) is 6.92. The van der Waals surface area contributed by atoms with Crippen LogP contribution in [0.25, 0.3) is 0 Å². The number of hydrazone groups is 1. The van der Waals surface area contributed by atoms with E-state index < -0.39 is 0 Å². The number of carbonyl (C=O) groups is 1. The van der Waals surface area contributed by atoms with E-state index in [4.69, 9.17) is 27.9 Å². The normalized spacial score (nSPS) is 12.0. The van der Waals surface area contributed by atoms with Gasteiger partial charge in [0.1, 0.15) is 5.75 Å². The first-order chi connectivity index (χ1) is 12.2. The van der Waals surface area contributed by atoms with Gasteiger partial charge in [0.05, 0.1) is 10.7 Å². The fraction of sp³-hybridized carbons (Fsp3) is 0.300. The van der Waals surface area contributed by atoms with Gasteiger partial charge in [-0.05, 0) is 42.2 Å². The number of rotatable bonds is 5. The predicted octanol–water partition coefficient (Wildman–Crippen LogP) is 5.21. The number of ether oxygens (including phenoxy) is 1. The Balaban J connectivity index is 1.90. The average Bonchev–Trinajstić information content (AvgIpc) is 2.57. The van der Waals surface area contributed by atoms with Crippen molar-refractivity contribution in [1.29, 1.82) is 0 Å². The molecule has 1 N–H and O–H groups in total. The van der Waals surface area contributed by atoms with Crippen LogP contribution in [0.2, 0.25) is 10.0 Å². The first kappa shape index (κ1) is 20.3. The molecular formula is C20H22Cl2N2O2. The Morgan fingerprint density at radius 2 is 1.77 bits per heavy atom. The quantitative estimate of drug-likeness (QED) is 0.560. The molecule has 0 saturated carbocycles. The van der Waals surface area contributed by atoms with E-state index in [0.29, 0.717) is 27.1 Å². The van der Waals surface area contributed by atoms with Gasteiger partial charge in [-0.1, -0.05) is 62.2 Å². The van der Waals surface area contributed by atoms with E-state index in [1.165, 1.54) is 5.56 Å². The van der Waals surface area contributed by atoms with Crippen LogP contribution in [0, 0.1) is 0 Å². The molecule has 0 aliphatic rings. The van der Waals surface area contributed by atoms with Crippen molar-refractivity contribution in [2.75, 3.05) is 6.61 Å². The fourth-order valence-corrected chi connectivity index (χ4v) is 2.77. The molecule has 0 aliphatic heterocycles. The first-order valence-corrected chi connectivity index (χ1v) is 8.94. The van der Waals surface area contributed by atoms with Crippen LogP contribution in [-0.4, -0.2) is 18.2 Å². The predicted molar refractivity (Wildman–Crippen MR) is 107 cm³/mol. The van der Waals surface area contributed by atoms with Gasteiger partial charge in [0.25, 0.3) is 5.91 Å². The number of nitrogens with zero attached hydrogens (tertiary/aromatic N) is 1. The largest absolute Gasteiger partial charge is 0.484 e. The Morgan fingerprint density at radius 3 is 2.35 bits per heavy atom. The van der Waals surface area contributed by atoms with Crippen molar-refractivity contribution in [2.45, 2.75) is 33.1 Å². The lowest BCUT2D eigenvalue weighted by atomic mass is 9.87. The van der Waals surface area contributed by atoms with E-state index in [9.17, 15) is 4.79 Å². The van der Waals surface area contributed by atoms with Crippen LogP contribution >= 0.6 is 23.2 Å². The molecule has 2 aromatic rings. The summed E-state index contributed by atoms with van der Waals surface area (Å²) in [4.78, 5) is 11.9. The number of amides is 1. The Morgan fingerprint density at radius 1 is 1.12 bits per heavy atom. The van der Waals surface area contributed by atoms with Crippen molar-refractivity contribution in [3.8, 4) is 5.75 Å². The third kappa shape index (κ3) is 5.75. The highest BCUT2D eigenvalue weighted by atomic mass is 35.5. The van der Waals surface area contributed by atoms with Crippen molar-refractivity contribution in [3.63, 3.8) is 0 Å². The Kier molecular flexibility index (Phi) is 6.68. The molecule has 0 radical (unpaired) electrons. The molecule has 4 nitrogen and oxygen atoms in total. The Hall–Kier alpha value is -2.04. The molecule has 138 valence electrons. The molecule has 0 atom stereocenters. The van der Waals surface area contributed by atoms with E-state index in [0.717, 1.165) is 0 Å². The van der Waals surface area contributed by atoms with Gasteiger partial charge in [0.2, 0.25) is 0 Å². The summed E-state index contributed by atoms with van der Waals surface area (Å²) in [6.07, 6.45) is 0. The van der Waals surface area contributed by atoms with E-state index >= 15 is 0 Å². The van der Waals surface area contributed by atoms with E-state index in [1.54, 1.807) is 25.1 Å². The molecule has 0 aliphatic carbocycles. The highest BCUT2D eigenvalue weighted by Crippen LogP contribution is 2.24. The van der Waals surface area contributed by atoms with Crippen molar-refractivity contribution < 1.29 is 9.53 Å². The van der Waals surface area contributed by atoms with Gasteiger partial charge in [-0.15, -0.1) is 0 Å². The monoisotopic (exact) mass is 392 g/mol. The van der Waals surface area contributed by atoms with Crippen LogP contribution in [0.5, 0.6) is 5.75 Å². The summed E-state index contributed by atoms with van der Waals surface area (Å²) >= 11 is 12.0. The molecule has 0 spiro atoms. The minimum atomic E-state index is -0.352. The standard InChI is InChI=1S/C20H22Cl2N2O2/c1-13(17-10-7-15(21)11-18(17)22)23-24-19(25)12-26-16-8-5-14(6-9-16)20(2,3)4/h5-11H,12H2,1-4H3,(H,24,25)/b23-13-. The highest BCUT2D eigenvalue weighted by Gasteiger charge is 2.13. The van der Waals surface area contributed by atoms with Crippen LogP contribution in [0.4, 0.5) is 0 Å². The zero-order valence-electron chi connectivity index (χ0n) is 15.3. The van der Waals surface area contributed by atoms with Gasteiger partial charge < -0.3 is 4.74 Å². The third-order valence-electron chi connectivity index (χ3n) is 3.76. The lowest BCUT2D eigenvalue weighted by Gasteiger charge is -2.19. The smallest absolute Gasteiger partial charge is 0.277 e. The minimum absolute atomic E-state index is 0.0745. The molecule has 0 fully saturated rings. The summed E-state index contributed by atoms with van der Waals surface area (Å²) in [6, 6.07) is 12.8. The molecule has 2 aromatic carbocycles. The number of hydrogen-bond acceptors (Lipinski definition) is 3. The van der Waals surface area contributed by atoms with Crippen LogP contribution < -0.4 is 10.2 Å². The maximum Gasteiger partial charge on any atom is 0.277 e. The van der Waals surface area contributed by atoms with Crippen molar-refractivity contribution in [3.05, 3.63) is 63.6 Å². The molecule has 0 heterocycles. The van der Waals surface area contributed by atoms with Gasteiger partial charge in [0.15, 0.2) is 6.61 Å². The van der Waals surface area contributed by atoms with E-state index in [1.807, 2.05) is 24.3 Å². The number of halogens is 2. The molecule has 2 rings (SSSR count). The summed E-state index contributed by atoms with van der Waals surface area (Å²) in [5.41, 5.74) is 5.02. The summed E-state index contributed by atoms with van der Waals surface area (Å²) in [6.45, 7) is 8.05. The lowest BCUT2D eigenvalue weighted by molar-refractivity contribution is -0.123. The van der Waals surface area contributed by atoms with Crippen LogP contribution in [0.3, 0.4) is 0 Å². The number of carbonyl (C=O) groups excluding carboxylic acids is 1. The topological polar surface area (TPSA) is 50.7 Å². The highest BCUT2D eigenvalue weighted by molar-refractivity contribution is 6.37. The van der Waals surface area contributed by atoms with Gasteiger partial charge in [-0.2, -0.15) is 5.10 Å². The maximum absolute atomic E-state index is 11.9. The van der Waals surface area contributed by atoms with E-state index in [2.05, 4.69) is 31.3 Å². The first-order valence-electron chi connectivity index (χ1n) is 8.19. The molecule has 0 unspecified atom stereocenters. The number of hydrogen-bond donors (Lipinski definition) is 1. The maximum atomic E-state index is 11.9. The molecular weight excluding hydrogens is 371 g/mol. The molecule has 1 amide bonds. The fourth-order valence-electron chi connectivity index (χ4n) is 2.22. The van der Waals surface area contributed by atoms with Crippen molar-refractivity contribution in [1.82, 2.24) is 5.43 Å². The van der Waals surface area contributed by atoms with Gasteiger partial charge in [0, 0.05) is 10.6 Å². The Bertz CT molecular complexity index is 810. The second-order valence-corrected chi connectivity index (χ2v) is 7.76. The van der Waals surface area contributed by atoms with Gasteiger partial charge in [-0.3, -0.25) is 4.79 Å². The molecule has 0 aromatic heterocycles. The molecule has 6 heteroatoms. The van der Waals surface area contributed by atoms with E-state index in [-0.39, 0.29) is 17.9 Å². The van der Waals surface area contributed by atoms with Crippen LogP contribution in [0.1, 0.15) is 38.8 Å². The zero-order valence-corrected chi connectivity index (χ0v) is 16.8. The average molecular weight is 393 g/mol. The zero-order chi connectivity index (χ0) is 19.3. The van der Waals surface area contributed by atoms with Gasteiger partial charge >= 0.3 is 0 Å². The molecule has 26 heavy (non-hydrogen) atoms. The Labute approximate surface area is 164 Å². The number of nitrogens with one attached hydrogen (secondary N) is 1. The van der Waals surface area contributed by atoms with Crippen molar-refractivity contribution >= 4 is 34.8 Å². The summed E-state index contributed by atoms with van der Waals surface area (Å²) in [5, 5.41) is 5.07. The van der Waals surface area contributed by atoms with Crippen LogP contribution in [-0.2, 0) is 10.2 Å². The number of benzene rings is 2.